The SMILES string of the molecule is Nc1ccccc1OCC(=O)N1CCCCCCC1. The van der Waals surface area contributed by atoms with E-state index in [0.29, 0.717) is 11.4 Å². The highest BCUT2D eigenvalue weighted by Gasteiger charge is 2.15. The van der Waals surface area contributed by atoms with E-state index in [2.05, 4.69) is 0 Å². The second kappa shape index (κ2) is 7.02. The fourth-order valence-corrected chi connectivity index (χ4v) is 2.34. The summed E-state index contributed by atoms with van der Waals surface area (Å²) >= 11 is 0. The van der Waals surface area contributed by atoms with Gasteiger partial charge in [-0.15, -0.1) is 0 Å². The third-order valence-electron chi connectivity index (χ3n) is 3.48. The van der Waals surface area contributed by atoms with Crippen molar-refractivity contribution in [1.29, 1.82) is 0 Å². The van der Waals surface area contributed by atoms with Crippen molar-refractivity contribution in [2.24, 2.45) is 0 Å². The number of para-hydroxylation sites is 2. The molecule has 1 saturated heterocycles. The summed E-state index contributed by atoms with van der Waals surface area (Å²) < 4.78 is 5.51. The number of likely N-dealkylation sites (tertiary alicyclic amines) is 1. The lowest BCUT2D eigenvalue weighted by Gasteiger charge is -2.24. The highest BCUT2D eigenvalue weighted by molar-refractivity contribution is 5.78. The molecule has 0 spiro atoms. The van der Waals surface area contributed by atoms with Gasteiger partial charge in [-0.3, -0.25) is 4.79 Å². The average Bonchev–Trinajstić information content (AvgIpc) is 2.37. The monoisotopic (exact) mass is 262 g/mol. The largest absolute Gasteiger partial charge is 0.482 e. The van der Waals surface area contributed by atoms with Crippen LogP contribution < -0.4 is 10.5 Å². The van der Waals surface area contributed by atoms with Crippen LogP contribution in [0, 0.1) is 0 Å². The summed E-state index contributed by atoms with van der Waals surface area (Å²) in [6.07, 6.45) is 5.92. The fourth-order valence-electron chi connectivity index (χ4n) is 2.34. The van der Waals surface area contributed by atoms with Crippen LogP contribution in [0.5, 0.6) is 5.75 Å². The van der Waals surface area contributed by atoms with Crippen LogP contribution in [0.25, 0.3) is 0 Å². The Morgan fingerprint density at radius 3 is 2.42 bits per heavy atom. The van der Waals surface area contributed by atoms with Gasteiger partial charge >= 0.3 is 0 Å². The summed E-state index contributed by atoms with van der Waals surface area (Å²) in [6.45, 7) is 1.78. The number of carbonyl (C=O) groups excluding carboxylic acids is 1. The van der Waals surface area contributed by atoms with Gasteiger partial charge in [-0.2, -0.15) is 0 Å². The molecule has 0 aromatic heterocycles. The molecule has 104 valence electrons. The lowest BCUT2D eigenvalue weighted by molar-refractivity contribution is -0.133. The molecule has 4 nitrogen and oxygen atoms in total. The van der Waals surface area contributed by atoms with E-state index in [1.165, 1.54) is 19.3 Å². The number of anilines is 1. The fraction of sp³-hybridized carbons (Fsp3) is 0.533. The predicted molar refractivity (Wildman–Crippen MR) is 76.0 cm³/mol. The number of rotatable bonds is 3. The normalized spacial score (nSPS) is 16.5. The molecule has 1 aromatic carbocycles. The molecule has 2 rings (SSSR count). The smallest absolute Gasteiger partial charge is 0.260 e. The molecule has 19 heavy (non-hydrogen) atoms. The third-order valence-corrected chi connectivity index (χ3v) is 3.48. The molecule has 0 aliphatic carbocycles. The number of nitrogens with zero attached hydrogens (tertiary/aromatic N) is 1. The average molecular weight is 262 g/mol. The summed E-state index contributed by atoms with van der Waals surface area (Å²) in [4.78, 5) is 14.0. The van der Waals surface area contributed by atoms with Crippen LogP contribution >= 0.6 is 0 Å². The molecule has 4 heteroatoms. The zero-order valence-corrected chi connectivity index (χ0v) is 11.3. The van der Waals surface area contributed by atoms with Gasteiger partial charge in [0.15, 0.2) is 6.61 Å². The van der Waals surface area contributed by atoms with Gasteiger partial charge in [0.25, 0.3) is 5.91 Å². The zero-order valence-electron chi connectivity index (χ0n) is 11.3. The first-order valence-corrected chi connectivity index (χ1v) is 7.02. The third kappa shape index (κ3) is 4.16. The van der Waals surface area contributed by atoms with Crippen molar-refractivity contribution in [2.75, 3.05) is 25.4 Å². The number of carbonyl (C=O) groups is 1. The van der Waals surface area contributed by atoms with Crippen LogP contribution in [0.3, 0.4) is 0 Å². The van der Waals surface area contributed by atoms with Crippen LogP contribution in [-0.2, 0) is 4.79 Å². The Bertz CT molecular complexity index is 412. The van der Waals surface area contributed by atoms with Crippen molar-refractivity contribution >= 4 is 11.6 Å². The number of hydrogen-bond acceptors (Lipinski definition) is 3. The van der Waals surface area contributed by atoms with Gasteiger partial charge in [-0.1, -0.05) is 31.4 Å². The minimum absolute atomic E-state index is 0.0603. The molecule has 0 radical (unpaired) electrons. The van der Waals surface area contributed by atoms with Crippen molar-refractivity contribution in [3.8, 4) is 5.75 Å². The molecule has 0 bridgehead atoms. The van der Waals surface area contributed by atoms with Gasteiger partial charge in [0.05, 0.1) is 5.69 Å². The van der Waals surface area contributed by atoms with Gasteiger partial charge in [0.2, 0.25) is 0 Å². The lowest BCUT2D eigenvalue weighted by Crippen LogP contribution is -2.37. The molecular weight excluding hydrogens is 240 g/mol. The van der Waals surface area contributed by atoms with Crippen LogP contribution in [0.2, 0.25) is 0 Å². The molecule has 2 N–H and O–H groups in total. The van der Waals surface area contributed by atoms with Crippen molar-refractivity contribution in [2.45, 2.75) is 32.1 Å². The predicted octanol–water partition coefficient (Wildman–Crippen LogP) is 2.44. The topological polar surface area (TPSA) is 55.6 Å². The number of nitrogen functional groups attached to an aromatic ring is 1. The standard InChI is InChI=1S/C15H22N2O2/c16-13-8-4-5-9-14(13)19-12-15(18)17-10-6-2-1-3-7-11-17/h4-5,8-9H,1-3,6-7,10-12,16H2. The van der Waals surface area contributed by atoms with Gasteiger partial charge in [-0.25, -0.2) is 0 Å². The van der Waals surface area contributed by atoms with Crippen LogP contribution in [0.1, 0.15) is 32.1 Å². The maximum Gasteiger partial charge on any atom is 0.260 e. The van der Waals surface area contributed by atoms with E-state index in [4.69, 9.17) is 10.5 Å². The quantitative estimate of drug-likeness (QED) is 0.851. The van der Waals surface area contributed by atoms with Gasteiger partial charge < -0.3 is 15.4 Å². The molecule has 1 heterocycles. The van der Waals surface area contributed by atoms with E-state index in [-0.39, 0.29) is 12.5 Å². The van der Waals surface area contributed by atoms with Crippen LogP contribution in [0.4, 0.5) is 5.69 Å². The van der Waals surface area contributed by atoms with E-state index >= 15 is 0 Å². The first kappa shape index (κ1) is 13.7. The minimum Gasteiger partial charge on any atom is -0.482 e. The van der Waals surface area contributed by atoms with E-state index in [1.54, 1.807) is 12.1 Å². The number of nitrogens with two attached hydrogens (primary N) is 1. The van der Waals surface area contributed by atoms with Gasteiger partial charge in [0, 0.05) is 13.1 Å². The Kier molecular flexibility index (Phi) is 5.07. The highest BCUT2D eigenvalue weighted by atomic mass is 16.5. The number of ether oxygens (including phenoxy) is 1. The summed E-state index contributed by atoms with van der Waals surface area (Å²) in [5.41, 5.74) is 6.35. The van der Waals surface area contributed by atoms with Crippen LogP contribution in [-0.4, -0.2) is 30.5 Å². The zero-order chi connectivity index (χ0) is 13.5. The van der Waals surface area contributed by atoms with E-state index < -0.39 is 0 Å². The maximum atomic E-state index is 12.1. The van der Waals surface area contributed by atoms with Crippen molar-refractivity contribution in [3.05, 3.63) is 24.3 Å². The molecule has 1 aromatic rings. The Morgan fingerprint density at radius 1 is 1.11 bits per heavy atom. The lowest BCUT2D eigenvalue weighted by atomic mass is 10.1. The van der Waals surface area contributed by atoms with Crippen LogP contribution in [0.15, 0.2) is 24.3 Å². The highest BCUT2D eigenvalue weighted by Crippen LogP contribution is 2.19. The second-order valence-electron chi connectivity index (χ2n) is 4.98. The summed E-state index contributed by atoms with van der Waals surface area (Å²) in [7, 11) is 0. The number of amides is 1. The molecule has 1 amide bonds. The Labute approximate surface area is 114 Å². The first-order chi connectivity index (χ1) is 9.27. The Morgan fingerprint density at radius 2 is 1.74 bits per heavy atom. The van der Waals surface area contributed by atoms with Gasteiger partial charge in [-0.05, 0) is 25.0 Å². The summed E-state index contributed by atoms with van der Waals surface area (Å²) in [5, 5.41) is 0. The first-order valence-electron chi connectivity index (χ1n) is 7.02. The van der Waals surface area contributed by atoms with Crippen molar-refractivity contribution in [3.63, 3.8) is 0 Å². The molecule has 1 aliphatic heterocycles. The van der Waals surface area contributed by atoms with Gasteiger partial charge in [0.1, 0.15) is 5.75 Å². The minimum atomic E-state index is 0.0603. The number of hydrogen-bond donors (Lipinski definition) is 1. The van der Waals surface area contributed by atoms with E-state index in [0.717, 1.165) is 25.9 Å². The second-order valence-corrected chi connectivity index (χ2v) is 4.98. The molecular formula is C15H22N2O2. The van der Waals surface area contributed by atoms with Crippen molar-refractivity contribution < 1.29 is 9.53 Å². The van der Waals surface area contributed by atoms with E-state index in [9.17, 15) is 4.79 Å². The molecule has 0 saturated carbocycles. The maximum absolute atomic E-state index is 12.1. The Balaban J connectivity index is 1.84. The Hall–Kier alpha value is -1.71. The molecule has 1 aliphatic rings. The van der Waals surface area contributed by atoms with Crippen molar-refractivity contribution in [1.82, 2.24) is 4.90 Å². The molecule has 0 unspecified atom stereocenters. The summed E-state index contributed by atoms with van der Waals surface area (Å²) in [5.74, 6) is 0.646. The summed E-state index contributed by atoms with van der Waals surface area (Å²) in [6, 6.07) is 7.26. The molecule has 0 atom stereocenters. The molecule has 1 fully saturated rings. The number of benzene rings is 1. The van der Waals surface area contributed by atoms with E-state index in [1.807, 2.05) is 17.0 Å².